The zero-order chi connectivity index (χ0) is 17.9. The lowest BCUT2D eigenvalue weighted by Gasteiger charge is -2.23. The topological polar surface area (TPSA) is 80.5 Å². The highest BCUT2D eigenvalue weighted by Crippen LogP contribution is 2.25. The maximum Gasteiger partial charge on any atom is 0.264 e. The van der Waals surface area contributed by atoms with Crippen LogP contribution in [-0.4, -0.2) is 20.9 Å². The van der Waals surface area contributed by atoms with Crippen LogP contribution in [0.4, 0.5) is 5.69 Å². The molecule has 2 rings (SSSR count). The van der Waals surface area contributed by atoms with Crippen molar-refractivity contribution in [2.45, 2.75) is 31.6 Å². The summed E-state index contributed by atoms with van der Waals surface area (Å²) in [6, 6.07) is 13.6. The number of hydrogen-bond donors (Lipinski definition) is 1. The minimum atomic E-state index is -3.87. The minimum Gasteiger partial charge on any atom is -0.368 e. The number of aryl methyl sites for hydroxylation is 1. The van der Waals surface area contributed by atoms with Gasteiger partial charge in [0.05, 0.1) is 10.6 Å². The fourth-order valence-electron chi connectivity index (χ4n) is 2.32. The quantitative estimate of drug-likeness (QED) is 0.873. The number of carbonyl (C=O) groups is 1. The first kappa shape index (κ1) is 18.0. The second kappa shape index (κ2) is 7.05. The number of benzene rings is 2. The van der Waals surface area contributed by atoms with Gasteiger partial charge >= 0.3 is 0 Å². The summed E-state index contributed by atoms with van der Waals surface area (Å²) in [5, 5.41) is 0. The van der Waals surface area contributed by atoms with Crippen molar-refractivity contribution >= 4 is 21.6 Å². The zero-order valence-electron chi connectivity index (χ0n) is 14.1. The standard InChI is InChI=1S/C18H22N2O3S/c1-13(2)15-6-8-16(9-7-15)20(12-18(19)21)24(22,23)17-10-4-14(3)5-11-17/h4-11,13H,12H2,1-3H3,(H2,19,21). The van der Waals surface area contributed by atoms with Crippen molar-refractivity contribution in [3.63, 3.8) is 0 Å². The molecule has 24 heavy (non-hydrogen) atoms. The zero-order valence-corrected chi connectivity index (χ0v) is 14.9. The molecule has 0 spiro atoms. The van der Waals surface area contributed by atoms with Crippen LogP contribution in [0.15, 0.2) is 53.4 Å². The predicted octanol–water partition coefficient (Wildman–Crippen LogP) is 2.80. The highest BCUT2D eigenvalue weighted by molar-refractivity contribution is 7.92. The Kier molecular flexibility index (Phi) is 5.29. The Bertz CT molecular complexity index is 810. The van der Waals surface area contributed by atoms with Gasteiger partial charge in [-0.15, -0.1) is 0 Å². The Labute approximate surface area is 143 Å². The van der Waals surface area contributed by atoms with Gasteiger partial charge in [-0.2, -0.15) is 0 Å². The molecule has 0 atom stereocenters. The van der Waals surface area contributed by atoms with E-state index in [9.17, 15) is 13.2 Å². The Hall–Kier alpha value is -2.34. The molecule has 0 aliphatic heterocycles. The van der Waals surface area contributed by atoms with Gasteiger partial charge in [-0.1, -0.05) is 43.7 Å². The molecule has 6 heteroatoms. The van der Waals surface area contributed by atoms with Crippen LogP contribution in [0.5, 0.6) is 0 Å². The summed E-state index contributed by atoms with van der Waals surface area (Å²) in [5.74, 6) is -0.379. The maximum absolute atomic E-state index is 12.9. The molecule has 0 radical (unpaired) electrons. The molecule has 2 N–H and O–H groups in total. The molecule has 2 aromatic rings. The average Bonchev–Trinajstić information content (AvgIpc) is 2.53. The molecule has 0 aliphatic rings. The van der Waals surface area contributed by atoms with Crippen LogP contribution in [0.3, 0.4) is 0 Å². The Morgan fingerprint density at radius 2 is 1.58 bits per heavy atom. The van der Waals surface area contributed by atoms with E-state index in [0.29, 0.717) is 11.6 Å². The number of hydrogen-bond acceptors (Lipinski definition) is 3. The van der Waals surface area contributed by atoms with Crippen LogP contribution < -0.4 is 10.0 Å². The van der Waals surface area contributed by atoms with E-state index in [-0.39, 0.29) is 4.90 Å². The number of amides is 1. The predicted molar refractivity (Wildman–Crippen MR) is 95.4 cm³/mol. The van der Waals surface area contributed by atoms with E-state index in [1.165, 1.54) is 12.1 Å². The molecule has 0 saturated heterocycles. The normalized spacial score (nSPS) is 11.5. The lowest BCUT2D eigenvalue weighted by Crippen LogP contribution is -2.38. The monoisotopic (exact) mass is 346 g/mol. The van der Waals surface area contributed by atoms with Crippen LogP contribution in [0.1, 0.15) is 30.9 Å². The molecule has 0 fully saturated rings. The summed E-state index contributed by atoms with van der Waals surface area (Å²) >= 11 is 0. The molecule has 0 heterocycles. The minimum absolute atomic E-state index is 0.127. The van der Waals surface area contributed by atoms with Crippen LogP contribution >= 0.6 is 0 Å². The molecular weight excluding hydrogens is 324 g/mol. The van der Waals surface area contributed by atoms with Gasteiger partial charge < -0.3 is 5.73 Å². The van der Waals surface area contributed by atoms with Gasteiger partial charge in [-0.3, -0.25) is 9.10 Å². The largest absolute Gasteiger partial charge is 0.368 e. The summed E-state index contributed by atoms with van der Waals surface area (Å²) < 4.78 is 26.9. The smallest absolute Gasteiger partial charge is 0.264 e. The third-order valence-corrected chi connectivity index (χ3v) is 5.54. The summed E-state index contributed by atoms with van der Waals surface area (Å²) in [6.45, 7) is 5.58. The molecule has 0 aliphatic carbocycles. The van der Waals surface area contributed by atoms with Crippen molar-refractivity contribution in [3.05, 3.63) is 59.7 Å². The van der Waals surface area contributed by atoms with E-state index in [1.807, 2.05) is 19.1 Å². The third-order valence-electron chi connectivity index (χ3n) is 3.76. The highest BCUT2D eigenvalue weighted by Gasteiger charge is 2.26. The van der Waals surface area contributed by atoms with Crippen molar-refractivity contribution in [1.29, 1.82) is 0 Å². The highest BCUT2D eigenvalue weighted by atomic mass is 32.2. The lowest BCUT2D eigenvalue weighted by atomic mass is 10.0. The van der Waals surface area contributed by atoms with Gasteiger partial charge in [0.15, 0.2) is 0 Å². The summed E-state index contributed by atoms with van der Waals surface area (Å²) in [7, 11) is -3.87. The molecule has 0 unspecified atom stereocenters. The first-order chi connectivity index (χ1) is 11.2. The molecule has 2 aromatic carbocycles. The van der Waals surface area contributed by atoms with Crippen molar-refractivity contribution in [3.8, 4) is 0 Å². The van der Waals surface area contributed by atoms with Gasteiger partial charge in [-0.05, 0) is 42.7 Å². The van der Waals surface area contributed by atoms with Crippen molar-refractivity contribution in [2.75, 3.05) is 10.8 Å². The second-order valence-electron chi connectivity index (χ2n) is 6.04. The molecule has 5 nitrogen and oxygen atoms in total. The van der Waals surface area contributed by atoms with Crippen LogP contribution in [0, 0.1) is 6.92 Å². The SMILES string of the molecule is Cc1ccc(S(=O)(=O)N(CC(N)=O)c2ccc(C(C)C)cc2)cc1. The van der Waals surface area contributed by atoms with Crippen LogP contribution in [0.2, 0.25) is 0 Å². The lowest BCUT2D eigenvalue weighted by molar-refractivity contribution is -0.116. The van der Waals surface area contributed by atoms with E-state index in [4.69, 9.17) is 5.73 Å². The molecule has 1 amide bonds. The Morgan fingerprint density at radius 1 is 1.04 bits per heavy atom. The summed E-state index contributed by atoms with van der Waals surface area (Å²) in [4.78, 5) is 11.5. The molecule has 0 saturated carbocycles. The summed E-state index contributed by atoms with van der Waals surface area (Å²) in [6.07, 6.45) is 0. The van der Waals surface area contributed by atoms with E-state index < -0.39 is 22.5 Å². The first-order valence-corrected chi connectivity index (χ1v) is 9.13. The van der Waals surface area contributed by atoms with Crippen molar-refractivity contribution in [2.24, 2.45) is 5.73 Å². The van der Waals surface area contributed by atoms with Crippen LogP contribution in [0.25, 0.3) is 0 Å². The Morgan fingerprint density at radius 3 is 2.04 bits per heavy atom. The van der Waals surface area contributed by atoms with Gasteiger partial charge in [0.1, 0.15) is 6.54 Å². The van der Waals surface area contributed by atoms with Gasteiger partial charge in [-0.25, -0.2) is 8.42 Å². The Balaban J connectivity index is 2.47. The molecular formula is C18H22N2O3S. The number of sulfonamides is 1. The number of anilines is 1. The van der Waals surface area contributed by atoms with Gasteiger partial charge in [0, 0.05) is 0 Å². The molecule has 0 aromatic heterocycles. The van der Waals surface area contributed by atoms with Crippen molar-refractivity contribution in [1.82, 2.24) is 0 Å². The number of primary amides is 1. The maximum atomic E-state index is 12.9. The molecule has 128 valence electrons. The fourth-order valence-corrected chi connectivity index (χ4v) is 3.75. The number of nitrogens with two attached hydrogens (primary N) is 1. The molecule has 0 bridgehead atoms. The van der Waals surface area contributed by atoms with Crippen LogP contribution in [-0.2, 0) is 14.8 Å². The second-order valence-corrected chi connectivity index (χ2v) is 7.90. The average molecular weight is 346 g/mol. The summed E-state index contributed by atoms with van der Waals surface area (Å²) in [5.41, 5.74) is 7.72. The first-order valence-electron chi connectivity index (χ1n) is 7.69. The van der Waals surface area contributed by atoms with E-state index in [1.54, 1.807) is 24.3 Å². The third kappa shape index (κ3) is 3.94. The van der Waals surface area contributed by atoms with E-state index in [2.05, 4.69) is 13.8 Å². The van der Waals surface area contributed by atoms with Gasteiger partial charge in [0.2, 0.25) is 5.91 Å². The number of nitrogens with zero attached hydrogens (tertiary/aromatic N) is 1. The van der Waals surface area contributed by atoms with E-state index >= 15 is 0 Å². The van der Waals surface area contributed by atoms with Gasteiger partial charge in [0.25, 0.3) is 10.0 Å². The fraction of sp³-hybridized carbons (Fsp3) is 0.278. The number of rotatable bonds is 6. The van der Waals surface area contributed by atoms with Crippen molar-refractivity contribution < 1.29 is 13.2 Å². The number of carbonyl (C=O) groups excluding carboxylic acids is 1. The van der Waals surface area contributed by atoms with E-state index in [0.717, 1.165) is 15.4 Å².